The molecule has 96 valence electrons. The second kappa shape index (κ2) is 4.78. The van der Waals surface area contributed by atoms with Gasteiger partial charge in [0.15, 0.2) is 5.58 Å². The van der Waals surface area contributed by atoms with E-state index < -0.39 is 0 Å². The van der Waals surface area contributed by atoms with Crippen LogP contribution in [-0.4, -0.2) is 36.2 Å². The van der Waals surface area contributed by atoms with E-state index in [1.54, 1.807) is 0 Å². The number of halogens is 1. The summed E-state index contributed by atoms with van der Waals surface area (Å²) < 4.78 is 11.5. The number of rotatable bonds is 2. The van der Waals surface area contributed by atoms with Crippen LogP contribution in [0.25, 0.3) is 11.1 Å². The minimum absolute atomic E-state index is 0.0328. The Hall–Kier alpha value is -1.26. The van der Waals surface area contributed by atoms with E-state index in [9.17, 15) is 0 Å². The van der Waals surface area contributed by atoms with Crippen molar-refractivity contribution >= 4 is 28.7 Å². The third-order valence-electron chi connectivity index (χ3n) is 3.05. The number of alkyl halides is 1. The molecule has 3 rings (SSSR count). The van der Waals surface area contributed by atoms with Crippen LogP contribution >= 0.6 is 11.6 Å². The Morgan fingerprint density at radius 2 is 2.22 bits per heavy atom. The lowest BCUT2D eigenvalue weighted by Gasteiger charge is -2.34. The van der Waals surface area contributed by atoms with Gasteiger partial charge in [0.1, 0.15) is 5.52 Å². The molecule has 2 heterocycles. The number of para-hydroxylation sites is 2. The van der Waals surface area contributed by atoms with Gasteiger partial charge in [0.25, 0.3) is 6.01 Å². The van der Waals surface area contributed by atoms with Crippen LogP contribution in [-0.2, 0) is 4.74 Å². The fourth-order valence-corrected chi connectivity index (χ4v) is 2.45. The Morgan fingerprint density at radius 1 is 1.39 bits per heavy atom. The van der Waals surface area contributed by atoms with Crippen molar-refractivity contribution in [1.82, 2.24) is 4.98 Å². The highest BCUT2D eigenvalue weighted by atomic mass is 35.5. The highest BCUT2D eigenvalue weighted by Crippen LogP contribution is 2.24. The first-order valence-electron chi connectivity index (χ1n) is 6.08. The molecule has 4 nitrogen and oxygen atoms in total. The van der Waals surface area contributed by atoms with Gasteiger partial charge in [-0.05, 0) is 19.1 Å². The molecule has 5 heteroatoms. The molecular weight excluding hydrogens is 252 g/mol. The largest absolute Gasteiger partial charge is 0.423 e. The third-order valence-corrected chi connectivity index (χ3v) is 3.40. The van der Waals surface area contributed by atoms with Crippen molar-refractivity contribution in [3.8, 4) is 0 Å². The molecule has 2 atom stereocenters. The van der Waals surface area contributed by atoms with Crippen LogP contribution in [0.1, 0.15) is 6.92 Å². The van der Waals surface area contributed by atoms with Crippen molar-refractivity contribution in [3.05, 3.63) is 24.3 Å². The average molecular weight is 267 g/mol. The summed E-state index contributed by atoms with van der Waals surface area (Å²) in [7, 11) is 0. The van der Waals surface area contributed by atoms with Gasteiger partial charge in [-0.3, -0.25) is 0 Å². The molecule has 1 saturated heterocycles. The monoisotopic (exact) mass is 266 g/mol. The van der Waals surface area contributed by atoms with Crippen molar-refractivity contribution < 1.29 is 9.15 Å². The molecule has 0 bridgehead atoms. The number of morpholine rings is 1. The van der Waals surface area contributed by atoms with Gasteiger partial charge in [-0.25, -0.2) is 0 Å². The lowest BCUT2D eigenvalue weighted by molar-refractivity contribution is -0.00474. The maximum Gasteiger partial charge on any atom is 0.298 e. The summed E-state index contributed by atoms with van der Waals surface area (Å²) in [6, 6.07) is 8.43. The number of aromatic nitrogens is 1. The zero-order valence-corrected chi connectivity index (χ0v) is 10.9. The molecule has 1 aliphatic heterocycles. The molecule has 1 aromatic heterocycles. The van der Waals surface area contributed by atoms with E-state index in [2.05, 4.69) is 9.88 Å². The summed E-state index contributed by atoms with van der Waals surface area (Å²) >= 11 is 5.87. The molecule has 0 amide bonds. The minimum atomic E-state index is 0.0328. The van der Waals surface area contributed by atoms with Crippen molar-refractivity contribution in [1.29, 1.82) is 0 Å². The molecule has 1 aliphatic rings. The number of ether oxygens (including phenoxy) is 1. The van der Waals surface area contributed by atoms with Gasteiger partial charge in [0, 0.05) is 13.1 Å². The Labute approximate surface area is 110 Å². The van der Waals surface area contributed by atoms with Gasteiger partial charge in [-0.15, -0.1) is 11.6 Å². The second-order valence-electron chi connectivity index (χ2n) is 4.59. The summed E-state index contributed by atoms with van der Waals surface area (Å²) in [4.78, 5) is 6.60. The number of oxazole rings is 1. The fraction of sp³-hybridized carbons (Fsp3) is 0.462. The number of hydrogen-bond acceptors (Lipinski definition) is 4. The highest BCUT2D eigenvalue weighted by Gasteiger charge is 2.27. The average Bonchev–Trinajstić information content (AvgIpc) is 2.81. The van der Waals surface area contributed by atoms with Crippen LogP contribution in [0.5, 0.6) is 0 Å². The Kier molecular flexibility index (Phi) is 3.14. The molecule has 1 fully saturated rings. The number of hydrogen-bond donors (Lipinski definition) is 0. The molecule has 2 unspecified atom stereocenters. The van der Waals surface area contributed by atoms with E-state index in [1.807, 2.05) is 31.2 Å². The van der Waals surface area contributed by atoms with Crippen molar-refractivity contribution in [2.75, 3.05) is 23.9 Å². The van der Waals surface area contributed by atoms with Crippen molar-refractivity contribution in [2.24, 2.45) is 0 Å². The standard InChI is InChI=1S/C13H15ClN2O2/c1-9-7-16(8-10(6-14)17-9)13-15-11-4-2-3-5-12(11)18-13/h2-5,9-10H,6-8H2,1H3. The molecule has 0 spiro atoms. The summed E-state index contributed by atoms with van der Waals surface area (Å²) in [6.45, 7) is 3.54. The molecule has 0 N–H and O–H groups in total. The lowest BCUT2D eigenvalue weighted by atomic mass is 10.2. The van der Waals surface area contributed by atoms with Gasteiger partial charge < -0.3 is 14.1 Å². The zero-order valence-electron chi connectivity index (χ0n) is 10.2. The molecule has 0 aliphatic carbocycles. The van der Waals surface area contributed by atoms with Crippen LogP contribution in [0.4, 0.5) is 6.01 Å². The topological polar surface area (TPSA) is 38.5 Å². The number of benzene rings is 1. The van der Waals surface area contributed by atoms with E-state index in [0.29, 0.717) is 11.9 Å². The molecule has 1 aromatic carbocycles. The minimum Gasteiger partial charge on any atom is -0.423 e. The first kappa shape index (κ1) is 11.8. The predicted octanol–water partition coefficient (Wildman–Crippen LogP) is 2.66. The maximum absolute atomic E-state index is 5.87. The van der Waals surface area contributed by atoms with E-state index in [-0.39, 0.29) is 12.2 Å². The van der Waals surface area contributed by atoms with E-state index in [0.717, 1.165) is 24.2 Å². The molecular formula is C13H15ClN2O2. The smallest absolute Gasteiger partial charge is 0.298 e. The Morgan fingerprint density at radius 3 is 3.00 bits per heavy atom. The van der Waals surface area contributed by atoms with Crippen LogP contribution in [0, 0.1) is 0 Å². The zero-order chi connectivity index (χ0) is 12.5. The molecule has 18 heavy (non-hydrogen) atoms. The van der Waals surface area contributed by atoms with Crippen molar-refractivity contribution in [2.45, 2.75) is 19.1 Å². The quantitative estimate of drug-likeness (QED) is 0.784. The SMILES string of the molecule is CC1CN(c2nc3ccccc3o2)CC(CCl)O1. The van der Waals surface area contributed by atoms with Gasteiger partial charge in [0.05, 0.1) is 18.1 Å². The van der Waals surface area contributed by atoms with Gasteiger partial charge in [0.2, 0.25) is 0 Å². The Bertz CT molecular complexity index is 510. The summed E-state index contributed by atoms with van der Waals surface area (Å²) in [5, 5.41) is 0. The number of anilines is 1. The fourth-order valence-electron chi connectivity index (χ4n) is 2.28. The van der Waals surface area contributed by atoms with Crippen LogP contribution in [0.15, 0.2) is 28.7 Å². The highest BCUT2D eigenvalue weighted by molar-refractivity contribution is 6.18. The van der Waals surface area contributed by atoms with E-state index in [1.165, 1.54) is 0 Å². The van der Waals surface area contributed by atoms with E-state index in [4.69, 9.17) is 20.8 Å². The normalized spacial score (nSPS) is 24.7. The van der Waals surface area contributed by atoms with Crippen LogP contribution < -0.4 is 4.90 Å². The number of fused-ring (bicyclic) bond motifs is 1. The van der Waals surface area contributed by atoms with Crippen molar-refractivity contribution in [3.63, 3.8) is 0 Å². The summed E-state index contributed by atoms with van der Waals surface area (Å²) in [5.41, 5.74) is 1.70. The third kappa shape index (κ3) is 2.18. The molecule has 0 saturated carbocycles. The molecule has 2 aromatic rings. The van der Waals surface area contributed by atoms with E-state index >= 15 is 0 Å². The molecule has 0 radical (unpaired) electrons. The van der Waals surface area contributed by atoms with Crippen LogP contribution in [0.3, 0.4) is 0 Å². The van der Waals surface area contributed by atoms with Crippen LogP contribution in [0.2, 0.25) is 0 Å². The summed E-state index contributed by atoms with van der Waals surface area (Å²) in [5.74, 6) is 0.487. The Balaban J connectivity index is 1.88. The van der Waals surface area contributed by atoms with Gasteiger partial charge in [-0.1, -0.05) is 12.1 Å². The first-order valence-corrected chi connectivity index (χ1v) is 6.61. The second-order valence-corrected chi connectivity index (χ2v) is 4.90. The number of nitrogens with zero attached hydrogens (tertiary/aromatic N) is 2. The van der Waals surface area contributed by atoms with Gasteiger partial charge >= 0.3 is 0 Å². The lowest BCUT2D eigenvalue weighted by Crippen LogP contribution is -2.47. The summed E-state index contributed by atoms with van der Waals surface area (Å²) in [6.07, 6.45) is 0.169. The maximum atomic E-state index is 5.87. The van der Waals surface area contributed by atoms with Gasteiger partial charge in [-0.2, -0.15) is 4.98 Å². The first-order chi connectivity index (χ1) is 8.76. The predicted molar refractivity (Wildman–Crippen MR) is 71.3 cm³/mol.